The smallest absolute Gasteiger partial charge is 0.129 e. The zero-order valence-electron chi connectivity index (χ0n) is 12.4. The van der Waals surface area contributed by atoms with Crippen molar-refractivity contribution in [2.45, 2.75) is 12.7 Å². The summed E-state index contributed by atoms with van der Waals surface area (Å²) in [5.41, 5.74) is 0. The lowest BCUT2D eigenvalue weighted by molar-refractivity contribution is 0.0225. The topological polar surface area (TPSA) is 67.1 Å². The summed E-state index contributed by atoms with van der Waals surface area (Å²) in [6, 6.07) is 3.66. The Bertz CT molecular complexity index is 319. The summed E-state index contributed by atoms with van der Waals surface area (Å²) in [7, 11) is 3.74. The first-order valence-electron chi connectivity index (χ1n) is 6.88. The van der Waals surface area contributed by atoms with Crippen LogP contribution in [0.15, 0.2) is 22.8 Å². The van der Waals surface area contributed by atoms with E-state index in [4.69, 9.17) is 13.9 Å². The summed E-state index contributed by atoms with van der Waals surface area (Å²) in [4.78, 5) is 2.18. The van der Waals surface area contributed by atoms with Crippen molar-refractivity contribution in [1.82, 2.24) is 10.2 Å². The summed E-state index contributed by atoms with van der Waals surface area (Å²) < 4.78 is 15.5. The highest BCUT2D eigenvalue weighted by molar-refractivity contribution is 4.96. The van der Waals surface area contributed by atoms with Gasteiger partial charge in [0.2, 0.25) is 0 Å². The van der Waals surface area contributed by atoms with Crippen LogP contribution in [0, 0.1) is 0 Å². The van der Waals surface area contributed by atoms with Gasteiger partial charge in [-0.05, 0) is 19.2 Å². The average Bonchev–Trinajstić information content (AvgIpc) is 2.94. The molecule has 0 aliphatic heterocycles. The van der Waals surface area contributed by atoms with Crippen LogP contribution in [-0.2, 0) is 16.1 Å². The van der Waals surface area contributed by atoms with E-state index in [0.717, 1.165) is 32.0 Å². The fraction of sp³-hybridized carbons (Fsp3) is 0.714. The summed E-state index contributed by atoms with van der Waals surface area (Å²) in [5.74, 6) is 0.768. The van der Waals surface area contributed by atoms with Gasteiger partial charge in [0.1, 0.15) is 12.4 Å². The first-order chi connectivity index (χ1) is 9.72. The Morgan fingerprint density at radius 1 is 1.45 bits per heavy atom. The SMILES string of the molecule is COCCN(C)CCNCC(O)COCc1ccco1. The quantitative estimate of drug-likeness (QED) is 0.540. The van der Waals surface area contributed by atoms with Crippen molar-refractivity contribution < 1.29 is 19.0 Å². The molecule has 0 aliphatic rings. The molecule has 0 bridgehead atoms. The van der Waals surface area contributed by atoms with Gasteiger partial charge in [-0.2, -0.15) is 0 Å². The third-order valence-corrected chi connectivity index (χ3v) is 2.86. The Morgan fingerprint density at radius 3 is 3.00 bits per heavy atom. The Kier molecular flexibility index (Phi) is 9.27. The molecule has 6 nitrogen and oxygen atoms in total. The van der Waals surface area contributed by atoms with Gasteiger partial charge < -0.3 is 29.2 Å². The van der Waals surface area contributed by atoms with Crippen molar-refractivity contribution in [3.8, 4) is 0 Å². The highest BCUT2D eigenvalue weighted by atomic mass is 16.5. The third kappa shape index (κ3) is 8.29. The molecule has 0 aromatic carbocycles. The van der Waals surface area contributed by atoms with Crippen LogP contribution >= 0.6 is 0 Å². The lowest BCUT2D eigenvalue weighted by Gasteiger charge is -2.17. The van der Waals surface area contributed by atoms with Gasteiger partial charge in [-0.3, -0.25) is 0 Å². The van der Waals surface area contributed by atoms with Crippen LogP contribution in [0.5, 0.6) is 0 Å². The third-order valence-electron chi connectivity index (χ3n) is 2.86. The number of hydrogen-bond donors (Lipinski definition) is 2. The number of aliphatic hydroxyl groups is 1. The van der Waals surface area contributed by atoms with Crippen molar-refractivity contribution in [2.24, 2.45) is 0 Å². The maximum atomic E-state index is 9.73. The van der Waals surface area contributed by atoms with E-state index in [9.17, 15) is 5.11 Å². The minimum absolute atomic E-state index is 0.299. The van der Waals surface area contributed by atoms with Crippen LogP contribution in [0.4, 0.5) is 0 Å². The van der Waals surface area contributed by atoms with Crippen LogP contribution in [-0.4, -0.2) is 69.7 Å². The van der Waals surface area contributed by atoms with E-state index in [1.54, 1.807) is 13.4 Å². The van der Waals surface area contributed by atoms with Gasteiger partial charge in [-0.25, -0.2) is 0 Å². The Morgan fingerprint density at radius 2 is 2.30 bits per heavy atom. The number of ether oxygens (including phenoxy) is 2. The van der Waals surface area contributed by atoms with Gasteiger partial charge in [0.25, 0.3) is 0 Å². The second kappa shape index (κ2) is 10.8. The highest BCUT2D eigenvalue weighted by Crippen LogP contribution is 2.01. The first kappa shape index (κ1) is 17.1. The van der Waals surface area contributed by atoms with E-state index in [1.165, 1.54) is 0 Å². The van der Waals surface area contributed by atoms with Crippen molar-refractivity contribution >= 4 is 0 Å². The largest absolute Gasteiger partial charge is 0.467 e. The minimum Gasteiger partial charge on any atom is -0.467 e. The zero-order valence-corrected chi connectivity index (χ0v) is 12.4. The lowest BCUT2D eigenvalue weighted by atomic mass is 10.3. The maximum Gasteiger partial charge on any atom is 0.129 e. The van der Waals surface area contributed by atoms with Crippen molar-refractivity contribution in [2.75, 3.05) is 53.6 Å². The molecule has 0 radical (unpaired) electrons. The number of furan rings is 1. The Labute approximate surface area is 120 Å². The zero-order chi connectivity index (χ0) is 14.6. The van der Waals surface area contributed by atoms with Gasteiger partial charge in [-0.1, -0.05) is 0 Å². The predicted octanol–water partition coefficient (Wildman–Crippen LogP) is 0.325. The second-order valence-electron chi connectivity index (χ2n) is 4.75. The molecule has 20 heavy (non-hydrogen) atoms. The number of rotatable bonds is 12. The summed E-state index contributed by atoms with van der Waals surface area (Å²) >= 11 is 0. The molecular formula is C14H26N2O4. The molecule has 0 aliphatic carbocycles. The maximum absolute atomic E-state index is 9.73. The van der Waals surface area contributed by atoms with E-state index >= 15 is 0 Å². The summed E-state index contributed by atoms with van der Waals surface area (Å²) in [6.45, 7) is 4.61. The van der Waals surface area contributed by atoms with Gasteiger partial charge in [0.15, 0.2) is 0 Å². The van der Waals surface area contributed by atoms with Crippen molar-refractivity contribution in [1.29, 1.82) is 0 Å². The molecule has 6 heteroatoms. The van der Waals surface area contributed by atoms with Crippen molar-refractivity contribution in [3.05, 3.63) is 24.2 Å². The molecular weight excluding hydrogens is 260 g/mol. The molecule has 1 aromatic rings. The van der Waals surface area contributed by atoms with Crippen LogP contribution in [0.1, 0.15) is 5.76 Å². The number of methoxy groups -OCH3 is 1. The van der Waals surface area contributed by atoms with Crippen LogP contribution in [0.2, 0.25) is 0 Å². The molecule has 1 aromatic heterocycles. The van der Waals surface area contributed by atoms with Gasteiger partial charge in [0, 0.05) is 33.3 Å². The molecule has 116 valence electrons. The van der Waals surface area contributed by atoms with E-state index in [2.05, 4.69) is 10.2 Å². The monoisotopic (exact) mass is 286 g/mol. The van der Waals surface area contributed by atoms with Crippen LogP contribution < -0.4 is 5.32 Å². The molecule has 0 fully saturated rings. The fourth-order valence-corrected chi connectivity index (χ4v) is 1.65. The fourth-order valence-electron chi connectivity index (χ4n) is 1.65. The number of aliphatic hydroxyl groups excluding tert-OH is 1. The molecule has 1 unspecified atom stereocenters. The molecule has 1 rings (SSSR count). The average molecular weight is 286 g/mol. The normalized spacial score (nSPS) is 13.0. The number of nitrogens with one attached hydrogen (secondary N) is 1. The molecule has 1 atom stereocenters. The molecule has 1 heterocycles. The van der Waals surface area contributed by atoms with E-state index in [0.29, 0.717) is 19.8 Å². The van der Waals surface area contributed by atoms with E-state index in [1.807, 2.05) is 19.2 Å². The summed E-state index contributed by atoms with van der Waals surface area (Å²) in [5, 5.41) is 12.9. The number of nitrogens with zero attached hydrogens (tertiary/aromatic N) is 1. The molecule has 0 amide bonds. The van der Waals surface area contributed by atoms with Crippen LogP contribution in [0.25, 0.3) is 0 Å². The standard InChI is InChI=1S/C14H26N2O4/c1-16(7-9-18-2)6-5-15-10-13(17)11-19-12-14-4-3-8-20-14/h3-4,8,13,15,17H,5-7,9-12H2,1-2H3. The van der Waals surface area contributed by atoms with Gasteiger partial charge in [-0.15, -0.1) is 0 Å². The molecule has 2 N–H and O–H groups in total. The van der Waals surface area contributed by atoms with E-state index in [-0.39, 0.29) is 0 Å². The number of likely N-dealkylation sites (N-methyl/N-ethyl adjacent to an activating group) is 1. The first-order valence-corrected chi connectivity index (χ1v) is 6.88. The molecule has 0 saturated carbocycles. The second-order valence-corrected chi connectivity index (χ2v) is 4.75. The molecule has 0 saturated heterocycles. The predicted molar refractivity (Wildman–Crippen MR) is 76.6 cm³/mol. The Balaban J connectivity index is 1.93. The highest BCUT2D eigenvalue weighted by Gasteiger charge is 2.05. The summed E-state index contributed by atoms with van der Waals surface area (Å²) in [6.07, 6.45) is 1.10. The van der Waals surface area contributed by atoms with Gasteiger partial charge in [0.05, 0.1) is 25.6 Å². The minimum atomic E-state index is -0.505. The van der Waals surface area contributed by atoms with Gasteiger partial charge >= 0.3 is 0 Å². The molecule has 0 spiro atoms. The van der Waals surface area contributed by atoms with Crippen LogP contribution in [0.3, 0.4) is 0 Å². The Hall–Kier alpha value is -0.920. The van der Waals surface area contributed by atoms with Crippen molar-refractivity contribution in [3.63, 3.8) is 0 Å². The lowest BCUT2D eigenvalue weighted by Crippen LogP contribution is -2.36. The number of hydrogen-bond acceptors (Lipinski definition) is 6. The van der Waals surface area contributed by atoms with E-state index < -0.39 is 6.10 Å².